The van der Waals surface area contributed by atoms with Crippen LogP contribution in [0.15, 0.2) is 30.3 Å². The molecule has 32 heavy (non-hydrogen) atoms. The molecule has 0 atom stereocenters. The Kier molecular flexibility index (Phi) is 6.51. The molecule has 2 aliphatic heterocycles. The Bertz CT molecular complexity index is 1080. The molecule has 2 aliphatic rings. The molecule has 170 valence electrons. The Hall–Kier alpha value is -1.93. The van der Waals surface area contributed by atoms with Crippen molar-refractivity contribution in [2.45, 2.75) is 26.3 Å². The normalized spacial score (nSPS) is 18.5. The molecule has 4 heterocycles. The summed E-state index contributed by atoms with van der Waals surface area (Å²) >= 11 is 7.57. The first-order valence-electron chi connectivity index (χ1n) is 11.4. The van der Waals surface area contributed by atoms with Gasteiger partial charge >= 0.3 is 0 Å². The summed E-state index contributed by atoms with van der Waals surface area (Å²) in [6, 6.07) is 9.87. The van der Waals surface area contributed by atoms with Crippen LogP contribution in [0, 0.1) is 12.8 Å². The second-order valence-corrected chi connectivity index (χ2v) is 10.3. The van der Waals surface area contributed by atoms with E-state index in [0.717, 1.165) is 90.2 Å². The van der Waals surface area contributed by atoms with E-state index < -0.39 is 0 Å². The Morgan fingerprint density at radius 3 is 2.59 bits per heavy atom. The number of rotatable bonds is 5. The first-order chi connectivity index (χ1) is 15.6. The van der Waals surface area contributed by atoms with E-state index in [2.05, 4.69) is 4.90 Å². The number of hydrogen-bond donors (Lipinski definition) is 0. The minimum Gasteiger partial charge on any atom is -0.379 e. The maximum absolute atomic E-state index is 13.2. The third-order valence-electron chi connectivity index (χ3n) is 6.59. The standard InChI is InChI=1S/C24H29ClN4O2S/c1-17-21-14-22(32-24(21)29(26-17)16-18-2-4-20(25)5-3-18)23(30)28-8-6-19(7-9-28)15-27-10-12-31-13-11-27/h2-5,14,19H,6-13,15-16H2,1H3. The number of nitrogens with zero attached hydrogens (tertiary/aromatic N) is 4. The van der Waals surface area contributed by atoms with Crippen molar-refractivity contribution in [2.75, 3.05) is 45.9 Å². The van der Waals surface area contributed by atoms with Crippen molar-refractivity contribution in [3.05, 3.63) is 51.5 Å². The van der Waals surface area contributed by atoms with Crippen LogP contribution >= 0.6 is 22.9 Å². The largest absolute Gasteiger partial charge is 0.379 e. The average molecular weight is 473 g/mol. The maximum atomic E-state index is 13.2. The van der Waals surface area contributed by atoms with E-state index >= 15 is 0 Å². The van der Waals surface area contributed by atoms with Crippen LogP contribution < -0.4 is 0 Å². The molecule has 8 heteroatoms. The minimum absolute atomic E-state index is 0.161. The number of aromatic nitrogens is 2. The molecule has 3 aromatic rings. The van der Waals surface area contributed by atoms with Gasteiger partial charge in [-0.3, -0.25) is 14.4 Å². The Morgan fingerprint density at radius 2 is 1.88 bits per heavy atom. The van der Waals surface area contributed by atoms with Gasteiger partial charge in [-0.2, -0.15) is 5.10 Å². The molecule has 2 fully saturated rings. The van der Waals surface area contributed by atoms with Crippen LogP contribution in [0.4, 0.5) is 0 Å². The van der Waals surface area contributed by atoms with Gasteiger partial charge in [-0.15, -0.1) is 11.3 Å². The smallest absolute Gasteiger partial charge is 0.264 e. The number of aryl methyl sites for hydroxylation is 1. The first kappa shape index (κ1) is 21.9. The maximum Gasteiger partial charge on any atom is 0.264 e. The monoisotopic (exact) mass is 472 g/mol. The zero-order chi connectivity index (χ0) is 22.1. The van der Waals surface area contributed by atoms with E-state index in [1.165, 1.54) is 0 Å². The zero-order valence-electron chi connectivity index (χ0n) is 18.4. The summed E-state index contributed by atoms with van der Waals surface area (Å²) in [4.78, 5) is 19.7. The lowest BCUT2D eigenvalue weighted by Crippen LogP contribution is -2.44. The van der Waals surface area contributed by atoms with Crippen LogP contribution in [-0.4, -0.2) is 71.4 Å². The van der Waals surface area contributed by atoms with Crippen LogP contribution in [0.3, 0.4) is 0 Å². The molecular weight excluding hydrogens is 444 g/mol. The number of benzene rings is 1. The van der Waals surface area contributed by atoms with Gasteiger partial charge in [0, 0.05) is 43.1 Å². The predicted molar refractivity (Wildman–Crippen MR) is 129 cm³/mol. The number of piperidine rings is 1. The molecule has 0 aliphatic carbocycles. The summed E-state index contributed by atoms with van der Waals surface area (Å²) in [5, 5.41) is 6.51. The minimum atomic E-state index is 0.161. The number of carbonyl (C=O) groups is 1. The molecule has 1 amide bonds. The van der Waals surface area contributed by atoms with E-state index in [4.69, 9.17) is 21.4 Å². The summed E-state index contributed by atoms with van der Waals surface area (Å²) in [7, 11) is 0. The van der Waals surface area contributed by atoms with Crippen LogP contribution in [0.2, 0.25) is 5.02 Å². The Labute approximate surface area is 197 Å². The highest BCUT2D eigenvalue weighted by Crippen LogP contribution is 2.31. The fourth-order valence-corrected chi connectivity index (χ4v) is 5.97. The summed E-state index contributed by atoms with van der Waals surface area (Å²) in [5.74, 6) is 0.836. The number of carbonyl (C=O) groups excluding carboxylic acids is 1. The van der Waals surface area contributed by atoms with Crippen molar-refractivity contribution >= 4 is 39.1 Å². The number of hydrogen-bond acceptors (Lipinski definition) is 5. The molecule has 2 saturated heterocycles. The SMILES string of the molecule is Cc1nn(Cc2ccc(Cl)cc2)c2sc(C(=O)N3CCC(CN4CCOCC4)CC3)cc12. The highest BCUT2D eigenvalue weighted by molar-refractivity contribution is 7.20. The molecule has 0 bridgehead atoms. The third-order valence-corrected chi connectivity index (χ3v) is 7.97. The second-order valence-electron chi connectivity index (χ2n) is 8.85. The number of thiophene rings is 1. The quantitative estimate of drug-likeness (QED) is 0.555. The van der Waals surface area contributed by atoms with Crippen molar-refractivity contribution in [1.29, 1.82) is 0 Å². The molecule has 0 radical (unpaired) electrons. The molecule has 6 nitrogen and oxygen atoms in total. The highest BCUT2D eigenvalue weighted by Gasteiger charge is 2.27. The van der Waals surface area contributed by atoms with E-state index in [1.807, 2.05) is 46.8 Å². The van der Waals surface area contributed by atoms with Gasteiger partial charge in [0.2, 0.25) is 0 Å². The van der Waals surface area contributed by atoms with Gasteiger partial charge in [-0.05, 0) is 49.4 Å². The summed E-state index contributed by atoms with van der Waals surface area (Å²) in [5.41, 5.74) is 2.11. The van der Waals surface area contributed by atoms with Gasteiger partial charge in [0.15, 0.2) is 0 Å². The molecule has 1 aromatic carbocycles. The fourth-order valence-electron chi connectivity index (χ4n) is 4.71. The number of likely N-dealkylation sites (tertiary alicyclic amines) is 1. The van der Waals surface area contributed by atoms with Crippen molar-refractivity contribution in [2.24, 2.45) is 5.92 Å². The number of fused-ring (bicyclic) bond motifs is 1. The summed E-state index contributed by atoms with van der Waals surface area (Å²) in [6.07, 6.45) is 2.16. The predicted octanol–water partition coefficient (Wildman–Crippen LogP) is 4.29. The Balaban J connectivity index is 1.24. The lowest BCUT2D eigenvalue weighted by molar-refractivity contribution is 0.0243. The molecule has 2 aromatic heterocycles. The molecule has 0 spiro atoms. The Morgan fingerprint density at radius 1 is 1.16 bits per heavy atom. The van der Waals surface area contributed by atoms with Crippen molar-refractivity contribution < 1.29 is 9.53 Å². The van der Waals surface area contributed by atoms with Gasteiger partial charge in [-0.1, -0.05) is 23.7 Å². The van der Waals surface area contributed by atoms with Crippen LogP contribution in [0.25, 0.3) is 10.2 Å². The van der Waals surface area contributed by atoms with Crippen molar-refractivity contribution in [3.63, 3.8) is 0 Å². The molecule has 0 N–H and O–H groups in total. The van der Waals surface area contributed by atoms with Gasteiger partial charge in [-0.25, -0.2) is 0 Å². The number of ether oxygens (including phenoxy) is 1. The van der Waals surface area contributed by atoms with Crippen molar-refractivity contribution in [3.8, 4) is 0 Å². The summed E-state index contributed by atoms with van der Waals surface area (Å²) < 4.78 is 7.46. The van der Waals surface area contributed by atoms with E-state index in [0.29, 0.717) is 12.5 Å². The fraction of sp³-hybridized carbons (Fsp3) is 0.500. The summed E-state index contributed by atoms with van der Waals surface area (Å²) in [6.45, 7) is 9.27. The number of amides is 1. The van der Waals surface area contributed by atoms with Crippen LogP contribution in [-0.2, 0) is 11.3 Å². The number of morpholine rings is 1. The third kappa shape index (κ3) is 4.71. The molecule has 5 rings (SSSR count). The second kappa shape index (κ2) is 9.51. The van der Waals surface area contributed by atoms with Crippen molar-refractivity contribution in [1.82, 2.24) is 19.6 Å². The van der Waals surface area contributed by atoms with Gasteiger partial charge < -0.3 is 9.64 Å². The highest BCUT2D eigenvalue weighted by atomic mass is 35.5. The van der Waals surface area contributed by atoms with Crippen LogP contribution in [0.1, 0.15) is 33.8 Å². The number of halogens is 1. The zero-order valence-corrected chi connectivity index (χ0v) is 20.0. The van der Waals surface area contributed by atoms with E-state index in [1.54, 1.807) is 11.3 Å². The molecular formula is C24H29ClN4O2S. The first-order valence-corrected chi connectivity index (χ1v) is 12.6. The molecule has 0 saturated carbocycles. The lowest BCUT2D eigenvalue weighted by Gasteiger charge is -2.35. The van der Waals surface area contributed by atoms with Gasteiger partial charge in [0.05, 0.1) is 30.3 Å². The topological polar surface area (TPSA) is 50.6 Å². The van der Waals surface area contributed by atoms with E-state index in [-0.39, 0.29) is 5.91 Å². The van der Waals surface area contributed by atoms with Gasteiger partial charge in [0.1, 0.15) is 4.83 Å². The lowest BCUT2D eigenvalue weighted by atomic mass is 9.96. The average Bonchev–Trinajstić information content (AvgIpc) is 3.37. The van der Waals surface area contributed by atoms with E-state index in [9.17, 15) is 4.79 Å². The van der Waals surface area contributed by atoms with Crippen LogP contribution in [0.5, 0.6) is 0 Å². The van der Waals surface area contributed by atoms with Gasteiger partial charge in [0.25, 0.3) is 5.91 Å². The molecule has 0 unspecified atom stereocenters.